The van der Waals surface area contributed by atoms with Gasteiger partial charge in [0.05, 0.1) is 0 Å². The summed E-state index contributed by atoms with van der Waals surface area (Å²) in [6, 6.07) is 11.5. The Balaban J connectivity index is 2.10. The van der Waals surface area contributed by atoms with E-state index in [1.54, 1.807) is 12.4 Å². The van der Waals surface area contributed by atoms with Crippen molar-refractivity contribution in [2.45, 2.75) is 0 Å². The van der Waals surface area contributed by atoms with Crippen LogP contribution in [0.3, 0.4) is 0 Å². The molecule has 2 aromatic heterocycles. The lowest BCUT2D eigenvalue weighted by molar-refractivity contribution is 1.000. The Labute approximate surface area is 119 Å². The minimum Gasteiger partial charge on any atom is -0.399 e. The van der Waals surface area contributed by atoms with Crippen LogP contribution >= 0.6 is 15.9 Å². The van der Waals surface area contributed by atoms with Crippen molar-refractivity contribution in [1.82, 2.24) is 14.5 Å². The smallest absolute Gasteiger partial charge is 0.145 e. The van der Waals surface area contributed by atoms with Gasteiger partial charge in [0.25, 0.3) is 0 Å². The molecule has 0 spiro atoms. The van der Waals surface area contributed by atoms with Crippen LogP contribution in [0.5, 0.6) is 0 Å². The van der Waals surface area contributed by atoms with Gasteiger partial charge in [0.15, 0.2) is 0 Å². The van der Waals surface area contributed by atoms with E-state index in [2.05, 4.69) is 25.9 Å². The number of nitrogens with two attached hydrogens (primary N) is 1. The summed E-state index contributed by atoms with van der Waals surface area (Å²) in [4.78, 5) is 8.76. The molecule has 0 aliphatic carbocycles. The normalized spacial score (nSPS) is 10.6. The fraction of sp³-hybridized carbons (Fsp3) is 0. The van der Waals surface area contributed by atoms with Crippen molar-refractivity contribution in [3.05, 3.63) is 59.5 Å². The van der Waals surface area contributed by atoms with E-state index in [1.165, 1.54) is 0 Å². The highest BCUT2D eigenvalue weighted by Gasteiger charge is 2.08. The zero-order valence-corrected chi connectivity index (χ0v) is 11.6. The van der Waals surface area contributed by atoms with Gasteiger partial charge >= 0.3 is 0 Å². The molecule has 1 aromatic carbocycles. The van der Waals surface area contributed by atoms with Gasteiger partial charge in [0.2, 0.25) is 0 Å². The first kappa shape index (κ1) is 11.9. The molecule has 5 heteroatoms. The molecular weight excluding hydrogens is 304 g/mol. The number of anilines is 1. The molecule has 0 aliphatic heterocycles. The van der Waals surface area contributed by atoms with E-state index >= 15 is 0 Å². The third kappa shape index (κ3) is 2.37. The van der Waals surface area contributed by atoms with E-state index in [-0.39, 0.29) is 0 Å². The van der Waals surface area contributed by atoms with Crippen molar-refractivity contribution < 1.29 is 0 Å². The molecule has 0 saturated heterocycles. The number of benzene rings is 1. The standard InChI is InChI=1S/C14H11BrN4/c15-11-4-5-13(18-9-11)19-7-6-17-14(19)10-2-1-3-12(16)8-10/h1-9H,16H2. The number of nitrogen functional groups attached to an aromatic ring is 1. The molecule has 94 valence electrons. The first-order valence-corrected chi connectivity index (χ1v) is 6.54. The van der Waals surface area contributed by atoms with E-state index in [0.717, 1.165) is 27.4 Å². The number of hydrogen-bond acceptors (Lipinski definition) is 3. The van der Waals surface area contributed by atoms with Crippen LogP contribution in [0.15, 0.2) is 59.5 Å². The maximum Gasteiger partial charge on any atom is 0.145 e. The Hall–Kier alpha value is -2.14. The van der Waals surface area contributed by atoms with Gasteiger partial charge < -0.3 is 5.73 Å². The summed E-state index contributed by atoms with van der Waals surface area (Å²) in [5.74, 6) is 1.64. The summed E-state index contributed by atoms with van der Waals surface area (Å²) in [6.45, 7) is 0. The molecular formula is C14H11BrN4. The first-order chi connectivity index (χ1) is 9.24. The molecule has 3 rings (SSSR count). The predicted molar refractivity (Wildman–Crippen MR) is 78.9 cm³/mol. The Morgan fingerprint density at radius 3 is 2.74 bits per heavy atom. The van der Waals surface area contributed by atoms with Crippen LogP contribution in [0.4, 0.5) is 5.69 Å². The molecule has 2 N–H and O–H groups in total. The average molecular weight is 315 g/mol. The average Bonchev–Trinajstić information content (AvgIpc) is 2.89. The Bertz CT molecular complexity index is 703. The van der Waals surface area contributed by atoms with Crippen molar-refractivity contribution in [3.63, 3.8) is 0 Å². The molecule has 4 nitrogen and oxygen atoms in total. The van der Waals surface area contributed by atoms with E-state index in [1.807, 2.05) is 47.2 Å². The number of aromatic nitrogens is 3. The summed E-state index contributed by atoms with van der Waals surface area (Å²) in [5, 5.41) is 0. The minimum atomic E-state index is 0.718. The number of rotatable bonds is 2. The molecule has 0 aliphatic rings. The molecule has 0 bridgehead atoms. The van der Waals surface area contributed by atoms with E-state index in [0.29, 0.717) is 0 Å². The molecule has 0 atom stereocenters. The summed E-state index contributed by atoms with van der Waals surface area (Å²) < 4.78 is 2.88. The highest BCUT2D eigenvalue weighted by Crippen LogP contribution is 2.22. The monoisotopic (exact) mass is 314 g/mol. The van der Waals surface area contributed by atoms with Crippen LogP contribution in [0, 0.1) is 0 Å². The summed E-state index contributed by atoms with van der Waals surface area (Å²) in [7, 11) is 0. The van der Waals surface area contributed by atoms with Gasteiger partial charge in [-0.25, -0.2) is 9.97 Å². The van der Waals surface area contributed by atoms with Crippen molar-refractivity contribution in [2.24, 2.45) is 0 Å². The van der Waals surface area contributed by atoms with E-state index in [4.69, 9.17) is 5.73 Å². The van der Waals surface area contributed by atoms with Crippen molar-refractivity contribution in [2.75, 3.05) is 5.73 Å². The Kier molecular flexibility index (Phi) is 3.05. The predicted octanol–water partition coefficient (Wildman–Crippen LogP) is 3.28. The second-order valence-electron chi connectivity index (χ2n) is 4.08. The number of halogens is 1. The van der Waals surface area contributed by atoms with Crippen LogP contribution in [-0.2, 0) is 0 Å². The van der Waals surface area contributed by atoms with Gasteiger partial charge in [-0.3, -0.25) is 4.57 Å². The molecule has 2 heterocycles. The fourth-order valence-corrected chi connectivity index (χ4v) is 2.12. The van der Waals surface area contributed by atoms with Crippen molar-refractivity contribution >= 4 is 21.6 Å². The third-order valence-electron chi connectivity index (χ3n) is 2.74. The first-order valence-electron chi connectivity index (χ1n) is 5.75. The SMILES string of the molecule is Nc1cccc(-c2nccn2-c2ccc(Br)cn2)c1. The lowest BCUT2D eigenvalue weighted by Crippen LogP contribution is -1.99. The molecule has 3 aromatic rings. The maximum atomic E-state index is 5.81. The summed E-state index contributed by atoms with van der Waals surface area (Å²) >= 11 is 3.38. The summed E-state index contributed by atoms with van der Waals surface area (Å²) in [5.41, 5.74) is 7.50. The van der Waals surface area contributed by atoms with Crippen LogP contribution in [0.1, 0.15) is 0 Å². The van der Waals surface area contributed by atoms with Crippen LogP contribution in [-0.4, -0.2) is 14.5 Å². The van der Waals surface area contributed by atoms with Gasteiger partial charge in [0.1, 0.15) is 11.6 Å². The van der Waals surface area contributed by atoms with E-state index < -0.39 is 0 Å². The quantitative estimate of drug-likeness (QED) is 0.738. The zero-order valence-electron chi connectivity index (χ0n) is 9.99. The van der Waals surface area contributed by atoms with Gasteiger partial charge in [0, 0.05) is 34.3 Å². The molecule has 0 fully saturated rings. The molecule has 19 heavy (non-hydrogen) atoms. The fourth-order valence-electron chi connectivity index (χ4n) is 1.89. The highest BCUT2D eigenvalue weighted by atomic mass is 79.9. The molecule has 0 saturated carbocycles. The van der Waals surface area contributed by atoms with Gasteiger partial charge in [-0.2, -0.15) is 0 Å². The second kappa shape index (κ2) is 4.85. The van der Waals surface area contributed by atoms with Crippen molar-refractivity contribution in [1.29, 1.82) is 0 Å². The molecule has 0 unspecified atom stereocenters. The third-order valence-corrected chi connectivity index (χ3v) is 3.21. The van der Waals surface area contributed by atoms with Crippen LogP contribution in [0.25, 0.3) is 17.2 Å². The summed E-state index contributed by atoms with van der Waals surface area (Å²) in [6.07, 6.45) is 5.40. The van der Waals surface area contributed by atoms with Crippen molar-refractivity contribution in [3.8, 4) is 17.2 Å². The second-order valence-corrected chi connectivity index (χ2v) is 5.00. The Morgan fingerprint density at radius 2 is 2.00 bits per heavy atom. The number of nitrogens with zero attached hydrogens (tertiary/aromatic N) is 3. The number of imidazole rings is 1. The topological polar surface area (TPSA) is 56.7 Å². The van der Waals surface area contributed by atoms with Gasteiger partial charge in [-0.05, 0) is 40.2 Å². The lowest BCUT2D eigenvalue weighted by Gasteiger charge is -2.07. The van der Waals surface area contributed by atoms with Crippen LogP contribution < -0.4 is 5.73 Å². The van der Waals surface area contributed by atoms with Gasteiger partial charge in [-0.1, -0.05) is 12.1 Å². The Morgan fingerprint density at radius 1 is 1.11 bits per heavy atom. The number of pyridine rings is 1. The molecule has 0 radical (unpaired) electrons. The van der Waals surface area contributed by atoms with Gasteiger partial charge in [-0.15, -0.1) is 0 Å². The lowest BCUT2D eigenvalue weighted by atomic mass is 10.2. The maximum absolute atomic E-state index is 5.81. The van der Waals surface area contributed by atoms with E-state index in [9.17, 15) is 0 Å². The molecule has 0 amide bonds. The van der Waals surface area contributed by atoms with Crippen LogP contribution in [0.2, 0.25) is 0 Å². The highest BCUT2D eigenvalue weighted by molar-refractivity contribution is 9.10. The zero-order chi connectivity index (χ0) is 13.2. The largest absolute Gasteiger partial charge is 0.399 e. The minimum absolute atomic E-state index is 0.718. The number of hydrogen-bond donors (Lipinski definition) is 1.